The van der Waals surface area contributed by atoms with Crippen LogP contribution in [0, 0.1) is 0 Å². The highest BCUT2D eigenvalue weighted by atomic mass is 19.3. The van der Waals surface area contributed by atoms with E-state index in [1.165, 1.54) is 7.05 Å². The molecule has 0 saturated heterocycles. The molecule has 0 saturated carbocycles. The topological polar surface area (TPSA) is 55.6 Å². The first-order valence-corrected chi connectivity index (χ1v) is 3.55. The standard InChI is InChI=1S/C5H7F4N5/c1-14-4(11-12-13-14)10-2-5(8,9)3(6)7/h3H,2H2,1H3,(H,10,11,13). The number of anilines is 1. The fourth-order valence-corrected chi connectivity index (χ4v) is 0.653. The number of halogens is 4. The van der Waals surface area contributed by atoms with Gasteiger partial charge in [-0.3, -0.25) is 0 Å². The van der Waals surface area contributed by atoms with Gasteiger partial charge in [0.25, 0.3) is 0 Å². The van der Waals surface area contributed by atoms with E-state index in [9.17, 15) is 17.6 Å². The average Bonchev–Trinajstić information content (AvgIpc) is 2.47. The number of rotatable bonds is 4. The third kappa shape index (κ3) is 2.30. The van der Waals surface area contributed by atoms with E-state index < -0.39 is 18.9 Å². The van der Waals surface area contributed by atoms with Crippen LogP contribution in [0.1, 0.15) is 0 Å². The molecule has 1 aromatic rings. The lowest BCUT2D eigenvalue weighted by molar-refractivity contribution is -0.117. The van der Waals surface area contributed by atoms with Gasteiger partial charge in [-0.15, -0.1) is 0 Å². The summed E-state index contributed by atoms with van der Waals surface area (Å²) < 4.78 is 49.2. The van der Waals surface area contributed by atoms with Gasteiger partial charge in [-0.1, -0.05) is 5.10 Å². The maximum absolute atomic E-state index is 12.4. The molecule has 9 heteroatoms. The van der Waals surface area contributed by atoms with Crippen LogP contribution in [-0.4, -0.2) is 39.1 Å². The molecule has 0 aliphatic carbocycles. The average molecular weight is 213 g/mol. The van der Waals surface area contributed by atoms with Crippen molar-refractivity contribution in [3.8, 4) is 0 Å². The van der Waals surface area contributed by atoms with Crippen molar-refractivity contribution < 1.29 is 17.6 Å². The summed E-state index contributed by atoms with van der Waals surface area (Å²) >= 11 is 0. The van der Waals surface area contributed by atoms with E-state index in [1.807, 2.05) is 5.32 Å². The zero-order valence-electron chi connectivity index (χ0n) is 7.09. The minimum absolute atomic E-state index is 0.0923. The number of nitrogens with one attached hydrogen (secondary N) is 1. The highest BCUT2D eigenvalue weighted by Gasteiger charge is 2.40. The molecule has 1 N–H and O–H groups in total. The predicted octanol–water partition coefficient (Wildman–Crippen LogP) is 0.522. The van der Waals surface area contributed by atoms with Crippen molar-refractivity contribution in [3.63, 3.8) is 0 Å². The van der Waals surface area contributed by atoms with Crippen molar-refractivity contribution in [1.29, 1.82) is 0 Å². The summed E-state index contributed by atoms with van der Waals surface area (Å²) in [6.45, 7) is -1.21. The van der Waals surface area contributed by atoms with Gasteiger partial charge in [0.2, 0.25) is 5.95 Å². The van der Waals surface area contributed by atoms with Crippen molar-refractivity contribution in [1.82, 2.24) is 20.2 Å². The fraction of sp³-hybridized carbons (Fsp3) is 0.800. The number of hydrogen-bond donors (Lipinski definition) is 1. The van der Waals surface area contributed by atoms with Crippen molar-refractivity contribution in [2.24, 2.45) is 7.05 Å². The van der Waals surface area contributed by atoms with Crippen LogP contribution in [-0.2, 0) is 7.05 Å². The summed E-state index contributed by atoms with van der Waals surface area (Å²) in [5.74, 6) is -4.18. The Labute approximate surface area is 76.1 Å². The lowest BCUT2D eigenvalue weighted by atomic mass is 10.3. The van der Waals surface area contributed by atoms with E-state index >= 15 is 0 Å². The molecule has 0 amide bonds. The molecule has 14 heavy (non-hydrogen) atoms. The second kappa shape index (κ2) is 3.76. The van der Waals surface area contributed by atoms with Gasteiger partial charge >= 0.3 is 12.3 Å². The first kappa shape index (κ1) is 10.7. The maximum atomic E-state index is 12.4. The second-order valence-corrected chi connectivity index (χ2v) is 2.54. The summed E-state index contributed by atoms with van der Waals surface area (Å²) in [7, 11) is 1.39. The highest BCUT2D eigenvalue weighted by Crippen LogP contribution is 2.22. The first-order valence-electron chi connectivity index (χ1n) is 3.55. The molecule has 1 rings (SSSR count). The van der Waals surface area contributed by atoms with Crippen LogP contribution in [0.2, 0.25) is 0 Å². The van der Waals surface area contributed by atoms with Crippen molar-refractivity contribution in [3.05, 3.63) is 0 Å². The first-order chi connectivity index (χ1) is 6.43. The number of aryl methyl sites for hydroxylation is 1. The highest BCUT2D eigenvalue weighted by molar-refractivity contribution is 5.21. The van der Waals surface area contributed by atoms with Crippen LogP contribution in [0.4, 0.5) is 23.5 Å². The van der Waals surface area contributed by atoms with Crippen LogP contribution in [0.15, 0.2) is 0 Å². The Kier molecular flexibility index (Phi) is 2.87. The van der Waals surface area contributed by atoms with E-state index in [1.54, 1.807) is 0 Å². The van der Waals surface area contributed by atoms with Gasteiger partial charge in [0, 0.05) is 7.05 Å². The minimum Gasteiger partial charge on any atom is -0.347 e. The second-order valence-electron chi connectivity index (χ2n) is 2.54. The van der Waals surface area contributed by atoms with E-state index in [-0.39, 0.29) is 5.95 Å². The third-order valence-corrected chi connectivity index (χ3v) is 1.42. The van der Waals surface area contributed by atoms with Crippen LogP contribution in [0.25, 0.3) is 0 Å². The summed E-state index contributed by atoms with van der Waals surface area (Å²) in [4.78, 5) is 0. The SMILES string of the molecule is Cn1nnnc1NCC(F)(F)C(F)F. The lowest BCUT2D eigenvalue weighted by Crippen LogP contribution is -2.35. The van der Waals surface area contributed by atoms with Gasteiger partial charge in [-0.2, -0.15) is 8.78 Å². The molecule has 0 aliphatic heterocycles. The molecule has 1 heterocycles. The van der Waals surface area contributed by atoms with Crippen LogP contribution in [0.5, 0.6) is 0 Å². The summed E-state index contributed by atoms with van der Waals surface area (Å²) in [6.07, 6.45) is -3.71. The number of hydrogen-bond acceptors (Lipinski definition) is 4. The van der Waals surface area contributed by atoms with E-state index in [2.05, 4.69) is 15.5 Å². The maximum Gasteiger partial charge on any atom is 0.324 e. The van der Waals surface area contributed by atoms with E-state index in [4.69, 9.17) is 0 Å². The van der Waals surface area contributed by atoms with Crippen LogP contribution in [0.3, 0.4) is 0 Å². The van der Waals surface area contributed by atoms with E-state index in [0.29, 0.717) is 0 Å². The predicted molar refractivity (Wildman–Crippen MR) is 38.2 cm³/mol. The Hall–Kier alpha value is -1.41. The zero-order chi connectivity index (χ0) is 10.8. The Morgan fingerprint density at radius 1 is 1.50 bits per heavy atom. The molecule has 0 fully saturated rings. The number of tetrazole rings is 1. The third-order valence-electron chi connectivity index (χ3n) is 1.42. The van der Waals surface area contributed by atoms with Gasteiger partial charge in [-0.25, -0.2) is 13.5 Å². The molecule has 0 aromatic carbocycles. The Morgan fingerprint density at radius 2 is 2.14 bits per heavy atom. The summed E-state index contributed by atoms with van der Waals surface area (Å²) in [5.41, 5.74) is 0. The van der Waals surface area contributed by atoms with Crippen molar-refractivity contribution in [2.45, 2.75) is 12.3 Å². The van der Waals surface area contributed by atoms with Gasteiger partial charge < -0.3 is 5.32 Å². The molecule has 1 aromatic heterocycles. The molecule has 0 aliphatic rings. The molecule has 0 spiro atoms. The Morgan fingerprint density at radius 3 is 2.57 bits per heavy atom. The molecular weight excluding hydrogens is 206 g/mol. The quantitative estimate of drug-likeness (QED) is 0.741. The fourth-order valence-electron chi connectivity index (χ4n) is 0.653. The number of nitrogens with zero attached hydrogens (tertiary/aromatic N) is 4. The van der Waals surface area contributed by atoms with Crippen LogP contribution >= 0.6 is 0 Å². The Bertz CT molecular complexity index is 298. The van der Waals surface area contributed by atoms with E-state index in [0.717, 1.165) is 4.68 Å². The van der Waals surface area contributed by atoms with Crippen molar-refractivity contribution in [2.75, 3.05) is 11.9 Å². The molecule has 80 valence electrons. The largest absolute Gasteiger partial charge is 0.347 e. The molecule has 0 radical (unpaired) electrons. The zero-order valence-corrected chi connectivity index (χ0v) is 7.09. The monoisotopic (exact) mass is 213 g/mol. The lowest BCUT2D eigenvalue weighted by Gasteiger charge is -2.15. The van der Waals surface area contributed by atoms with Crippen LogP contribution < -0.4 is 5.32 Å². The molecular formula is C5H7F4N5. The number of alkyl halides is 4. The van der Waals surface area contributed by atoms with Gasteiger partial charge in [0.05, 0.1) is 6.54 Å². The number of aromatic nitrogens is 4. The summed E-state index contributed by atoms with van der Waals surface area (Å²) in [6, 6.07) is 0. The molecule has 0 bridgehead atoms. The van der Waals surface area contributed by atoms with Gasteiger partial charge in [0.15, 0.2) is 0 Å². The normalized spacial score (nSPS) is 12.1. The van der Waals surface area contributed by atoms with Crippen molar-refractivity contribution >= 4 is 5.95 Å². The molecule has 0 atom stereocenters. The van der Waals surface area contributed by atoms with Gasteiger partial charge in [-0.05, 0) is 10.4 Å². The Balaban J connectivity index is 2.53. The molecule has 5 nitrogen and oxygen atoms in total. The smallest absolute Gasteiger partial charge is 0.324 e. The minimum atomic E-state index is -4.09. The van der Waals surface area contributed by atoms with Gasteiger partial charge in [0.1, 0.15) is 0 Å². The summed E-state index contributed by atoms with van der Waals surface area (Å²) in [5, 5.41) is 11.8. The molecule has 0 unspecified atom stereocenters.